The van der Waals surface area contributed by atoms with E-state index in [9.17, 15) is 0 Å². The van der Waals surface area contributed by atoms with Gasteiger partial charge in [-0.15, -0.1) is 12.3 Å². The van der Waals surface area contributed by atoms with Crippen molar-refractivity contribution in [3.05, 3.63) is 28.8 Å². The first-order chi connectivity index (χ1) is 8.72. The van der Waals surface area contributed by atoms with Gasteiger partial charge in [0.15, 0.2) is 0 Å². The van der Waals surface area contributed by atoms with Gasteiger partial charge in [0.05, 0.1) is 6.61 Å². The van der Waals surface area contributed by atoms with E-state index in [0.29, 0.717) is 5.92 Å². The van der Waals surface area contributed by atoms with E-state index in [0.717, 1.165) is 48.6 Å². The van der Waals surface area contributed by atoms with Crippen LogP contribution in [0.5, 0.6) is 5.75 Å². The Morgan fingerprint density at radius 2 is 2.11 bits per heavy atom. The van der Waals surface area contributed by atoms with Gasteiger partial charge >= 0.3 is 0 Å². The summed E-state index contributed by atoms with van der Waals surface area (Å²) in [5.41, 5.74) is 1.15. The molecule has 0 radical (unpaired) electrons. The highest BCUT2D eigenvalue weighted by Gasteiger charge is 2.15. The number of rotatable bonds is 7. The maximum atomic E-state index is 6.09. The third-order valence-corrected chi connectivity index (χ3v) is 3.11. The van der Waals surface area contributed by atoms with Crippen molar-refractivity contribution in [2.45, 2.75) is 45.4 Å². The third-order valence-electron chi connectivity index (χ3n) is 2.87. The second-order valence-corrected chi connectivity index (χ2v) is 4.86. The van der Waals surface area contributed by atoms with Crippen LogP contribution in [0.1, 0.15) is 51.0 Å². The Hall–Kier alpha value is -1.13. The maximum absolute atomic E-state index is 6.09. The normalized spacial score (nSPS) is 11.9. The van der Waals surface area contributed by atoms with E-state index in [1.54, 1.807) is 0 Å². The third kappa shape index (κ3) is 4.27. The van der Waals surface area contributed by atoms with Gasteiger partial charge in [-0.05, 0) is 42.5 Å². The van der Waals surface area contributed by atoms with Gasteiger partial charge in [-0.2, -0.15) is 0 Å². The number of hydrogen-bond donors (Lipinski definition) is 0. The fourth-order valence-electron chi connectivity index (χ4n) is 2.04. The minimum atomic E-state index is 0.338. The number of ether oxygens (including phenoxy) is 1. The highest BCUT2D eigenvalue weighted by Crippen LogP contribution is 2.34. The fraction of sp³-hybridized carbons (Fsp3) is 0.500. The number of terminal acetylenes is 1. The molecule has 0 aliphatic carbocycles. The zero-order valence-electron chi connectivity index (χ0n) is 11.2. The van der Waals surface area contributed by atoms with Crippen molar-refractivity contribution in [1.29, 1.82) is 0 Å². The molecule has 1 aromatic carbocycles. The molecule has 0 aliphatic rings. The van der Waals surface area contributed by atoms with Crippen molar-refractivity contribution in [2.75, 3.05) is 6.61 Å². The van der Waals surface area contributed by atoms with Gasteiger partial charge in [-0.1, -0.05) is 31.9 Å². The SMILES string of the molecule is C#CCC(CCC)c1cc(Cl)ccc1OCCC. The molecule has 2 heteroatoms. The summed E-state index contributed by atoms with van der Waals surface area (Å²) < 4.78 is 5.79. The van der Waals surface area contributed by atoms with Crippen LogP contribution in [0.15, 0.2) is 18.2 Å². The lowest BCUT2D eigenvalue weighted by molar-refractivity contribution is 0.311. The van der Waals surface area contributed by atoms with Crippen molar-refractivity contribution >= 4 is 11.6 Å². The molecule has 0 saturated carbocycles. The molecule has 0 spiro atoms. The standard InChI is InChI=1S/C16H21ClO/c1-4-7-13(8-5-2)15-12-14(17)9-10-16(15)18-11-6-3/h1,9-10,12-13H,5-8,11H2,2-3H3. The zero-order valence-corrected chi connectivity index (χ0v) is 12.0. The predicted octanol–water partition coefficient (Wildman–Crippen LogP) is 5.04. The van der Waals surface area contributed by atoms with Crippen LogP contribution in [0, 0.1) is 12.3 Å². The Bertz CT molecular complexity index is 406. The van der Waals surface area contributed by atoms with Crippen molar-refractivity contribution < 1.29 is 4.74 Å². The highest BCUT2D eigenvalue weighted by atomic mass is 35.5. The molecule has 1 atom stereocenters. The average Bonchev–Trinajstić information content (AvgIpc) is 2.37. The van der Waals surface area contributed by atoms with E-state index in [1.165, 1.54) is 0 Å². The van der Waals surface area contributed by atoms with Crippen LogP contribution >= 0.6 is 11.6 Å². The van der Waals surface area contributed by atoms with Crippen molar-refractivity contribution in [3.8, 4) is 18.1 Å². The summed E-state index contributed by atoms with van der Waals surface area (Å²) in [4.78, 5) is 0. The molecule has 98 valence electrons. The molecule has 0 aliphatic heterocycles. The second kappa shape index (κ2) is 8.06. The Kier molecular flexibility index (Phi) is 6.68. The molecule has 1 unspecified atom stereocenters. The molecule has 1 nitrogen and oxygen atoms in total. The smallest absolute Gasteiger partial charge is 0.122 e. The second-order valence-electron chi connectivity index (χ2n) is 4.42. The summed E-state index contributed by atoms with van der Waals surface area (Å²) in [6, 6.07) is 5.81. The lowest BCUT2D eigenvalue weighted by atomic mass is 9.91. The van der Waals surface area contributed by atoms with E-state index in [4.69, 9.17) is 22.8 Å². The number of hydrogen-bond acceptors (Lipinski definition) is 1. The largest absolute Gasteiger partial charge is 0.493 e. The van der Waals surface area contributed by atoms with Gasteiger partial charge in [-0.25, -0.2) is 0 Å². The maximum Gasteiger partial charge on any atom is 0.122 e. The van der Waals surface area contributed by atoms with E-state index < -0.39 is 0 Å². The monoisotopic (exact) mass is 264 g/mol. The lowest BCUT2D eigenvalue weighted by Gasteiger charge is -2.18. The van der Waals surface area contributed by atoms with Gasteiger partial charge in [0.1, 0.15) is 5.75 Å². The molecule has 0 aromatic heterocycles. The summed E-state index contributed by atoms with van der Waals surface area (Å²) in [5, 5.41) is 0.743. The molecule has 1 aromatic rings. The minimum absolute atomic E-state index is 0.338. The summed E-state index contributed by atoms with van der Waals surface area (Å²) in [6.45, 7) is 4.99. The zero-order chi connectivity index (χ0) is 13.4. The van der Waals surface area contributed by atoms with Gasteiger partial charge in [-0.3, -0.25) is 0 Å². The first-order valence-corrected chi connectivity index (χ1v) is 6.96. The van der Waals surface area contributed by atoms with Crippen LogP contribution < -0.4 is 4.74 Å². The van der Waals surface area contributed by atoms with E-state index in [1.807, 2.05) is 18.2 Å². The van der Waals surface area contributed by atoms with Crippen LogP contribution in [0.2, 0.25) is 5.02 Å². The number of halogens is 1. The summed E-state index contributed by atoms with van der Waals surface area (Å²) in [6.07, 6.45) is 9.36. The Labute approximate surface area is 115 Å². The molecule has 0 bridgehead atoms. The highest BCUT2D eigenvalue weighted by molar-refractivity contribution is 6.30. The minimum Gasteiger partial charge on any atom is -0.493 e. The van der Waals surface area contributed by atoms with E-state index in [-0.39, 0.29) is 0 Å². The number of benzene rings is 1. The van der Waals surface area contributed by atoms with Crippen LogP contribution in [0.3, 0.4) is 0 Å². The van der Waals surface area contributed by atoms with Gasteiger partial charge in [0.25, 0.3) is 0 Å². The van der Waals surface area contributed by atoms with Crippen LogP contribution in [0.25, 0.3) is 0 Å². The molecule has 1 rings (SSSR count). The fourth-order valence-corrected chi connectivity index (χ4v) is 2.22. The van der Waals surface area contributed by atoms with E-state index in [2.05, 4.69) is 19.8 Å². The van der Waals surface area contributed by atoms with Gasteiger partial charge in [0, 0.05) is 11.4 Å². The van der Waals surface area contributed by atoms with Crippen LogP contribution in [-0.2, 0) is 0 Å². The molecule has 0 amide bonds. The molecule has 18 heavy (non-hydrogen) atoms. The summed E-state index contributed by atoms with van der Waals surface area (Å²) in [7, 11) is 0. The van der Waals surface area contributed by atoms with Gasteiger partial charge < -0.3 is 4.74 Å². The molecular formula is C16H21ClO. The first kappa shape index (κ1) is 14.9. The van der Waals surface area contributed by atoms with Crippen LogP contribution in [0.4, 0.5) is 0 Å². The first-order valence-electron chi connectivity index (χ1n) is 6.58. The average molecular weight is 265 g/mol. The van der Waals surface area contributed by atoms with Gasteiger partial charge in [0.2, 0.25) is 0 Å². The predicted molar refractivity (Wildman–Crippen MR) is 78.3 cm³/mol. The topological polar surface area (TPSA) is 9.23 Å². The Morgan fingerprint density at radius 1 is 1.33 bits per heavy atom. The van der Waals surface area contributed by atoms with Crippen molar-refractivity contribution in [3.63, 3.8) is 0 Å². The Balaban J connectivity index is 3.00. The molecule has 0 N–H and O–H groups in total. The molecular weight excluding hydrogens is 244 g/mol. The summed E-state index contributed by atoms with van der Waals surface area (Å²) >= 11 is 6.09. The van der Waals surface area contributed by atoms with Crippen molar-refractivity contribution in [2.24, 2.45) is 0 Å². The van der Waals surface area contributed by atoms with E-state index >= 15 is 0 Å². The molecule has 0 saturated heterocycles. The Morgan fingerprint density at radius 3 is 2.72 bits per heavy atom. The van der Waals surface area contributed by atoms with Crippen molar-refractivity contribution in [1.82, 2.24) is 0 Å². The quantitative estimate of drug-likeness (QED) is 0.627. The lowest BCUT2D eigenvalue weighted by Crippen LogP contribution is -2.04. The van der Waals surface area contributed by atoms with Crippen LogP contribution in [-0.4, -0.2) is 6.61 Å². The summed E-state index contributed by atoms with van der Waals surface area (Å²) in [5.74, 6) is 4.02. The molecule has 0 heterocycles. The molecule has 0 fully saturated rings.